The minimum absolute atomic E-state index is 0. The van der Waals surface area contributed by atoms with Crippen LogP contribution >= 0.6 is 35.3 Å². The summed E-state index contributed by atoms with van der Waals surface area (Å²) in [6.07, 6.45) is 0. The molecule has 2 saturated heterocycles. The van der Waals surface area contributed by atoms with Crippen molar-refractivity contribution in [2.45, 2.75) is 6.54 Å². The summed E-state index contributed by atoms with van der Waals surface area (Å²) in [5.74, 6) is 0.556. The minimum Gasteiger partial charge on any atom is -0.340 e. The second-order valence-electron chi connectivity index (χ2n) is 5.16. The van der Waals surface area contributed by atoms with E-state index in [1.54, 1.807) is 11.3 Å². The van der Waals surface area contributed by atoms with Crippen molar-refractivity contribution in [3.63, 3.8) is 0 Å². The van der Waals surface area contributed by atoms with Crippen molar-refractivity contribution < 1.29 is 4.79 Å². The Morgan fingerprint density at radius 1 is 1.30 bits per heavy atom. The smallest absolute Gasteiger partial charge is 0.228 e. The van der Waals surface area contributed by atoms with Crippen molar-refractivity contribution in [1.29, 1.82) is 0 Å². The molecule has 20 heavy (non-hydrogen) atoms. The average molecular weight is 336 g/mol. The monoisotopic (exact) mass is 335 g/mol. The molecule has 0 aromatic carbocycles. The lowest BCUT2D eigenvalue weighted by Gasteiger charge is -2.38. The molecule has 3 heterocycles. The molecule has 2 aliphatic rings. The van der Waals surface area contributed by atoms with Crippen LogP contribution in [0, 0.1) is 5.92 Å². The number of hydrogen-bond donors (Lipinski definition) is 1. The Bertz CT molecular complexity index is 456. The normalized spacial score (nSPS) is 20.4. The van der Waals surface area contributed by atoms with E-state index >= 15 is 0 Å². The molecule has 0 atom stereocenters. The van der Waals surface area contributed by atoms with E-state index in [0.29, 0.717) is 5.91 Å². The van der Waals surface area contributed by atoms with Gasteiger partial charge in [-0.15, -0.1) is 23.7 Å². The van der Waals surface area contributed by atoms with E-state index in [0.717, 1.165) is 50.1 Å². The minimum atomic E-state index is 0. The Morgan fingerprint density at radius 2 is 2.00 bits per heavy atom. The van der Waals surface area contributed by atoms with Gasteiger partial charge in [-0.25, -0.2) is 0 Å². The lowest BCUT2D eigenvalue weighted by atomic mass is 10.0. The number of piperazine rings is 1. The largest absolute Gasteiger partial charge is 0.340 e. The summed E-state index contributed by atoms with van der Waals surface area (Å²) < 4.78 is 0.848. The van der Waals surface area contributed by atoms with Gasteiger partial charge in [0.15, 0.2) is 0 Å². The van der Waals surface area contributed by atoms with Gasteiger partial charge in [0.25, 0.3) is 0 Å². The van der Waals surface area contributed by atoms with Crippen molar-refractivity contribution in [2.24, 2.45) is 5.92 Å². The third kappa shape index (κ3) is 3.65. The first-order valence-electron chi connectivity index (χ1n) is 6.68. The lowest BCUT2D eigenvalue weighted by Crippen LogP contribution is -2.56. The maximum Gasteiger partial charge on any atom is 0.228 e. The third-order valence-corrected chi connectivity index (χ3v) is 5.04. The molecular weight excluding hydrogens is 317 g/mol. The molecule has 0 radical (unpaired) electrons. The Labute approximate surface area is 134 Å². The maximum absolute atomic E-state index is 12.1. The highest BCUT2D eigenvalue weighted by atomic mass is 35.5. The van der Waals surface area contributed by atoms with Crippen LogP contribution < -0.4 is 5.32 Å². The fraction of sp³-hybridized carbons (Fsp3) is 0.615. The van der Waals surface area contributed by atoms with E-state index in [2.05, 4.69) is 16.3 Å². The quantitative estimate of drug-likeness (QED) is 0.912. The van der Waals surface area contributed by atoms with Gasteiger partial charge in [-0.1, -0.05) is 11.6 Å². The average Bonchev–Trinajstić information content (AvgIpc) is 2.73. The first-order valence-corrected chi connectivity index (χ1v) is 7.88. The number of nitrogens with one attached hydrogen (secondary N) is 1. The van der Waals surface area contributed by atoms with E-state index in [1.807, 2.05) is 11.0 Å². The Morgan fingerprint density at radius 3 is 2.50 bits per heavy atom. The number of carbonyl (C=O) groups is 1. The van der Waals surface area contributed by atoms with Gasteiger partial charge < -0.3 is 10.2 Å². The van der Waals surface area contributed by atoms with Crippen LogP contribution in [0.1, 0.15) is 4.88 Å². The Balaban J connectivity index is 0.00000147. The van der Waals surface area contributed by atoms with E-state index in [-0.39, 0.29) is 18.3 Å². The molecule has 0 saturated carbocycles. The molecule has 3 rings (SSSR count). The summed E-state index contributed by atoms with van der Waals surface area (Å²) in [5.41, 5.74) is 0. The summed E-state index contributed by atoms with van der Waals surface area (Å²) in [7, 11) is 0. The number of thiophene rings is 1. The van der Waals surface area contributed by atoms with Gasteiger partial charge in [-0.05, 0) is 12.1 Å². The van der Waals surface area contributed by atoms with Crippen molar-refractivity contribution >= 4 is 41.3 Å². The number of amides is 1. The second-order valence-corrected chi connectivity index (χ2v) is 6.96. The maximum atomic E-state index is 12.1. The zero-order valence-electron chi connectivity index (χ0n) is 11.2. The highest BCUT2D eigenvalue weighted by molar-refractivity contribution is 7.16. The van der Waals surface area contributed by atoms with Gasteiger partial charge in [-0.2, -0.15) is 0 Å². The van der Waals surface area contributed by atoms with Crippen LogP contribution in [0.5, 0.6) is 0 Å². The summed E-state index contributed by atoms with van der Waals surface area (Å²) in [5, 5.41) is 3.16. The topological polar surface area (TPSA) is 35.6 Å². The summed E-state index contributed by atoms with van der Waals surface area (Å²) in [4.78, 5) is 17.8. The molecule has 1 amide bonds. The van der Waals surface area contributed by atoms with Gasteiger partial charge in [0.05, 0.1) is 10.3 Å². The Kier molecular flexibility index (Phi) is 5.69. The first kappa shape index (κ1) is 16.0. The van der Waals surface area contributed by atoms with Crippen LogP contribution in [0.4, 0.5) is 0 Å². The number of nitrogens with zero attached hydrogens (tertiary/aromatic N) is 2. The predicted octanol–water partition coefficient (Wildman–Crippen LogP) is 1.69. The van der Waals surface area contributed by atoms with E-state index in [4.69, 9.17) is 11.6 Å². The highest BCUT2D eigenvalue weighted by Crippen LogP contribution is 2.23. The summed E-state index contributed by atoms with van der Waals surface area (Å²) >= 11 is 7.58. The molecule has 2 aliphatic heterocycles. The van der Waals surface area contributed by atoms with Crippen molar-refractivity contribution in [3.8, 4) is 0 Å². The van der Waals surface area contributed by atoms with Crippen LogP contribution in [-0.2, 0) is 11.3 Å². The molecule has 1 N–H and O–H groups in total. The molecule has 7 heteroatoms. The van der Waals surface area contributed by atoms with E-state index in [1.165, 1.54) is 4.88 Å². The van der Waals surface area contributed by atoms with E-state index in [9.17, 15) is 4.79 Å². The van der Waals surface area contributed by atoms with Crippen molar-refractivity contribution in [3.05, 3.63) is 21.3 Å². The van der Waals surface area contributed by atoms with Gasteiger partial charge in [-0.3, -0.25) is 9.69 Å². The number of halogens is 2. The van der Waals surface area contributed by atoms with Crippen LogP contribution in [0.15, 0.2) is 12.1 Å². The number of hydrogen-bond acceptors (Lipinski definition) is 4. The van der Waals surface area contributed by atoms with Crippen LogP contribution in [-0.4, -0.2) is 55.0 Å². The molecule has 1 aromatic heterocycles. The van der Waals surface area contributed by atoms with E-state index < -0.39 is 0 Å². The molecule has 2 fully saturated rings. The fourth-order valence-electron chi connectivity index (χ4n) is 2.50. The molecule has 0 unspecified atom stereocenters. The molecule has 4 nitrogen and oxygen atoms in total. The fourth-order valence-corrected chi connectivity index (χ4v) is 3.64. The standard InChI is InChI=1S/C13H18ClN3OS.ClH/c14-12-2-1-11(19-12)9-16-3-5-17(6-4-16)13(18)10-7-15-8-10;/h1-2,10,15H,3-9H2;1H. The summed E-state index contributed by atoms with van der Waals surface area (Å²) in [6, 6.07) is 4.04. The molecular formula is C13H19Cl2N3OS. The van der Waals surface area contributed by atoms with Crippen LogP contribution in [0.3, 0.4) is 0 Å². The molecule has 112 valence electrons. The predicted molar refractivity (Wildman–Crippen MR) is 84.8 cm³/mol. The van der Waals surface area contributed by atoms with Crippen molar-refractivity contribution in [1.82, 2.24) is 15.1 Å². The van der Waals surface area contributed by atoms with Gasteiger partial charge in [0, 0.05) is 50.7 Å². The lowest BCUT2D eigenvalue weighted by molar-refractivity contribution is -0.138. The molecule has 1 aromatic rings. The second kappa shape index (κ2) is 7.09. The molecule has 0 aliphatic carbocycles. The third-order valence-electron chi connectivity index (χ3n) is 3.82. The van der Waals surface area contributed by atoms with Crippen molar-refractivity contribution in [2.75, 3.05) is 39.3 Å². The van der Waals surface area contributed by atoms with Crippen LogP contribution in [0.2, 0.25) is 4.34 Å². The highest BCUT2D eigenvalue weighted by Gasteiger charge is 2.30. The van der Waals surface area contributed by atoms with Crippen LogP contribution in [0.25, 0.3) is 0 Å². The zero-order chi connectivity index (χ0) is 13.2. The zero-order valence-corrected chi connectivity index (χ0v) is 13.6. The summed E-state index contributed by atoms with van der Waals surface area (Å²) in [6.45, 7) is 6.29. The SMILES string of the molecule is Cl.O=C(C1CNC1)N1CCN(Cc2ccc(Cl)s2)CC1. The van der Waals surface area contributed by atoms with Gasteiger partial charge in [0.1, 0.15) is 0 Å². The molecule has 0 spiro atoms. The first-order chi connectivity index (χ1) is 9.22. The van der Waals surface area contributed by atoms with Gasteiger partial charge in [0.2, 0.25) is 5.91 Å². The molecule has 0 bridgehead atoms. The van der Waals surface area contributed by atoms with Gasteiger partial charge >= 0.3 is 0 Å². The number of carbonyl (C=O) groups excluding carboxylic acids is 1. The number of rotatable bonds is 3. The Hall–Kier alpha value is -0.330.